The molecule has 0 radical (unpaired) electrons. The Morgan fingerprint density at radius 2 is 0.634 bits per heavy atom. The van der Waals surface area contributed by atoms with Gasteiger partial charge in [-0.05, 0) is 49.7 Å². The van der Waals surface area contributed by atoms with Crippen molar-refractivity contribution in [1.29, 1.82) is 0 Å². The van der Waals surface area contributed by atoms with Crippen molar-refractivity contribution in [3.63, 3.8) is 0 Å². The highest BCUT2D eigenvalue weighted by Crippen LogP contribution is 2.15. The third-order valence-electron chi connectivity index (χ3n) is 8.11. The van der Waals surface area contributed by atoms with Crippen LogP contribution in [0.2, 0.25) is 0 Å². The molecule has 0 saturated heterocycles. The summed E-state index contributed by atoms with van der Waals surface area (Å²) in [5.74, 6) is -0.677. The Bertz CT molecular complexity index is 803. The molecule has 228 valence electrons. The second-order valence-corrected chi connectivity index (χ2v) is 11.9. The van der Waals surface area contributed by atoms with E-state index in [-0.39, 0.29) is 11.9 Å². The normalized spacial score (nSPS) is 11.0. The first-order valence-corrected chi connectivity index (χ1v) is 17.1. The van der Waals surface area contributed by atoms with Crippen molar-refractivity contribution in [3.05, 3.63) is 71.8 Å². The summed E-state index contributed by atoms with van der Waals surface area (Å²) in [5, 5.41) is 0. The van der Waals surface area contributed by atoms with E-state index < -0.39 is 0 Å². The number of esters is 2. The van der Waals surface area contributed by atoms with E-state index in [1.807, 2.05) is 0 Å². The molecule has 0 N–H and O–H groups in total. The number of hydrogen-bond acceptors (Lipinski definition) is 3. The molecule has 3 nitrogen and oxygen atoms in total. The van der Waals surface area contributed by atoms with Crippen molar-refractivity contribution >= 4 is 11.9 Å². The Morgan fingerprint density at radius 3 is 0.951 bits per heavy atom. The van der Waals surface area contributed by atoms with E-state index in [0.717, 1.165) is 25.7 Å². The van der Waals surface area contributed by atoms with E-state index in [4.69, 9.17) is 4.74 Å². The van der Waals surface area contributed by atoms with Gasteiger partial charge in [-0.1, -0.05) is 163 Å². The molecule has 0 aliphatic rings. The van der Waals surface area contributed by atoms with E-state index in [1.165, 1.54) is 127 Å². The van der Waals surface area contributed by atoms with Gasteiger partial charge < -0.3 is 4.74 Å². The smallest absolute Gasteiger partial charge is 0.313 e. The molecule has 0 heterocycles. The third kappa shape index (κ3) is 21.0. The Morgan fingerprint density at radius 1 is 0.366 bits per heavy atom. The number of unbranched alkanes of at least 4 members (excludes halogenated alkanes) is 18. The van der Waals surface area contributed by atoms with Gasteiger partial charge in [0.05, 0.1) is 0 Å². The highest BCUT2D eigenvalue weighted by atomic mass is 16.6. The van der Waals surface area contributed by atoms with Crippen molar-refractivity contribution in [3.8, 4) is 0 Å². The van der Waals surface area contributed by atoms with E-state index >= 15 is 0 Å². The summed E-state index contributed by atoms with van der Waals surface area (Å²) < 4.78 is 5.01. The molecular weight excluding hydrogens is 504 g/mol. The largest absolute Gasteiger partial charge is 0.393 e. The zero-order valence-electron chi connectivity index (χ0n) is 26.0. The van der Waals surface area contributed by atoms with Crippen molar-refractivity contribution in [2.24, 2.45) is 0 Å². The van der Waals surface area contributed by atoms with Crippen LogP contribution in [0, 0.1) is 0 Å². The topological polar surface area (TPSA) is 43.4 Å². The Balaban J connectivity index is 1.25. The summed E-state index contributed by atoms with van der Waals surface area (Å²) in [5.41, 5.74) is 2.90. The van der Waals surface area contributed by atoms with Gasteiger partial charge in [0.25, 0.3) is 0 Å². The summed E-state index contributed by atoms with van der Waals surface area (Å²) in [4.78, 5) is 23.9. The van der Waals surface area contributed by atoms with Gasteiger partial charge in [-0.25, -0.2) is 0 Å². The fourth-order valence-electron chi connectivity index (χ4n) is 5.54. The molecule has 2 aromatic carbocycles. The van der Waals surface area contributed by atoms with Crippen LogP contribution in [-0.2, 0) is 27.2 Å². The Labute approximate surface area is 251 Å². The molecule has 3 heteroatoms. The summed E-state index contributed by atoms with van der Waals surface area (Å²) >= 11 is 0. The molecule has 0 aliphatic heterocycles. The highest BCUT2D eigenvalue weighted by Gasteiger charge is 2.10. The van der Waals surface area contributed by atoms with E-state index in [0.29, 0.717) is 12.8 Å². The van der Waals surface area contributed by atoms with Crippen LogP contribution < -0.4 is 0 Å². The third-order valence-corrected chi connectivity index (χ3v) is 8.11. The minimum absolute atomic E-state index is 0.339. The number of aryl methyl sites for hydroxylation is 2. The van der Waals surface area contributed by atoms with E-state index in [9.17, 15) is 9.59 Å². The van der Waals surface area contributed by atoms with Crippen LogP contribution >= 0.6 is 0 Å². The van der Waals surface area contributed by atoms with Gasteiger partial charge in [0.15, 0.2) is 0 Å². The lowest BCUT2D eigenvalue weighted by Crippen LogP contribution is -2.11. The minimum Gasteiger partial charge on any atom is -0.393 e. The number of carbonyl (C=O) groups excluding carboxylic acids is 2. The molecule has 0 atom stereocenters. The summed E-state index contributed by atoms with van der Waals surface area (Å²) in [7, 11) is 0. The molecule has 2 rings (SSSR count). The second kappa shape index (κ2) is 25.3. The molecular formula is C38H58O3. The summed E-state index contributed by atoms with van der Waals surface area (Å²) in [6.07, 6.45) is 27.5. The fraction of sp³-hybridized carbons (Fsp3) is 0.632. The first-order valence-electron chi connectivity index (χ1n) is 17.1. The maximum atomic E-state index is 11.9. The summed E-state index contributed by atoms with van der Waals surface area (Å²) in [6.45, 7) is 0. The molecule has 0 saturated carbocycles. The predicted molar refractivity (Wildman–Crippen MR) is 173 cm³/mol. The second-order valence-electron chi connectivity index (χ2n) is 11.9. The lowest BCUT2D eigenvalue weighted by atomic mass is 10.0. The van der Waals surface area contributed by atoms with Gasteiger partial charge in [-0.3, -0.25) is 9.59 Å². The van der Waals surface area contributed by atoms with Crippen molar-refractivity contribution < 1.29 is 14.3 Å². The summed E-state index contributed by atoms with van der Waals surface area (Å²) in [6, 6.07) is 21.5. The molecule has 0 unspecified atom stereocenters. The molecule has 0 aromatic heterocycles. The number of carbonyl (C=O) groups is 2. The molecule has 0 spiro atoms. The van der Waals surface area contributed by atoms with Crippen LogP contribution in [0.25, 0.3) is 0 Å². The van der Waals surface area contributed by atoms with Crippen LogP contribution in [0.5, 0.6) is 0 Å². The van der Waals surface area contributed by atoms with Gasteiger partial charge >= 0.3 is 11.9 Å². The number of rotatable bonds is 26. The number of ether oxygens (including phenoxy) is 1. The van der Waals surface area contributed by atoms with Crippen molar-refractivity contribution in [2.45, 2.75) is 154 Å². The average Bonchev–Trinajstić information content (AvgIpc) is 2.99. The lowest BCUT2D eigenvalue weighted by molar-refractivity contribution is -0.159. The van der Waals surface area contributed by atoms with E-state index in [1.54, 1.807) is 0 Å². The first kappa shape index (κ1) is 34.8. The monoisotopic (exact) mass is 562 g/mol. The minimum atomic E-state index is -0.339. The van der Waals surface area contributed by atoms with Gasteiger partial charge in [0, 0.05) is 12.8 Å². The standard InChI is InChI=1S/C38H58O3/c39-37(33-25-15-11-7-3-1-5-9-13-19-27-35-29-21-17-22-30-35)41-38(40)34-26-16-12-8-4-2-6-10-14-20-28-36-31-23-18-24-32-36/h17-18,21-24,29-32H,1-16,19-20,25-28,33-34H2. The van der Waals surface area contributed by atoms with Crippen LogP contribution in [0.15, 0.2) is 60.7 Å². The van der Waals surface area contributed by atoms with Crippen molar-refractivity contribution in [1.82, 2.24) is 0 Å². The maximum Gasteiger partial charge on any atom is 0.313 e. The lowest BCUT2D eigenvalue weighted by Gasteiger charge is -2.05. The quantitative estimate of drug-likeness (QED) is 0.0650. The van der Waals surface area contributed by atoms with Gasteiger partial charge in [0.2, 0.25) is 0 Å². The molecule has 2 aromatic rings. The van der Waals surface area contributed by atoms with Crippen LogP contribution in [-0.4, -0.2) is 11.9 Å². The predicted octanol–water partition coefficient (Wildman–Crippen LogP) is 11.1. The van der Waals surface area contributed by atoms with Gasteiger partial charge in [0.1, 0.15) is 0 Å². The maximum absolute atomic E-state index is 11.9. The SMILES string of the molecule is O=C(CCCCCCCCCCCCc1ccccc1)OC(=O)CCCCCCCCCCCCc1ccccc1. The Hall–Kier alpha value is -2.42. The van der Waals surface area contributed by atoms with Gasteiger partial charge in [-0.2, -0.15) is 0 Å². The van der Waals surface area contributed by atoms with Crippen LogP contribution in [0.1, 0.15) is 152 Å². The molecule has 41 heavy (non-hydrogen) atoms. The fourth-order valence-corrected chi connectivity index (χ4v) is 5.54. The zero-order chi connectivity index (χ0) is 29.1. The molecule has 0 fully saturated rings. The highest BCUT2D eigenvalue weighted by molar-refractivity contribution is 5.85. The van der Waals surface area contributed by atoms with Crippen LogP contribution in [0.3, 0.4) is 0 Å². The van der Waals surface area contributed by atoms with E-state index in [2.05, 4.69) is 60.7 Å². The Kier molecular flexibility index (Phi) is 21.5. The molecule has 0 bridgehead atoms. The first-order chi connectivity index (χ1) is 20.2. The zero-order valence-corrected chi connectivity index (χ0v) is 26.0. The molecule has 0 aliphatic carbocycles. The molecule has 0 amide bonds. The average molecular weight is 563 g/mol. The number of benzene rings is 2. The van der Waals surface area contributed by atoms with Crippen LogP contribution in [0.4, 0.5) is 0 Å². The van der Waals surface area contributed by atoms with Gasteiger partial charge in [-0.15, -0.1) is 0 Å². The van der Waals surface area contributed by atoms with Crippen molar-refractivity contribution in [2.75, 3.05) is 0 Å². The number of hydrogen-bond donors (Lipinski definition) is 0.